The third-order valence-corrected chi connectivity index (χ3v) is 8.32. The third kappa shape index (κ3) is 6.61. The minimum atomic E-state index is -3.74. The zero-order chi connectivity index (χ0) is 24.9. The highest BCUT2D eigenvalue weighted by atomic mass is 32.2. The van der Waals surface area contributed by atoms with Gasteiger partial charge in [0.2, 0.25) is 15.9 Å². The van der Waals surface area contributed by atoms with Crippen molar-refractivity contribution in [2.75, 3.05) is 39.3 Å². The first-order valence-corrected chi connectivity index (χ1v) is 12.9. The molecule has 2 aliphatic rings. The number of nitrogens with one attached hydrogen (secondary N) is 2. The Hall–Kier alpha value is -2.37. The van der Waals surface area contributed by atoms with Crippen molar-refractivity contribution in [3.05, 3.63) is 42.5 Å². The van der Waals surface area contributed by atoms with Crippen molar-refractivity contribution in [2.24, 2.45) is 5.92 Å². The lowest BCUT2D eigenvalue weighted by atomic mass is 9.95. The van der Waals surface area contributed by atoms with Crippen LogP contribution in [0.5, 0.6) is 0 Å². The highest BCUT2D eigenvalue weighted by Gasteiger charge is 2.35. The number of halogens is 2. The summed E-state index contributed by atoms with van der Waals surface area (Å²) in [4.78, 5) is 25.9. The number of nitrogens with zero attached hydrogens (tertiary/aromatic N) is 2. The molecule has 2 N–H and O–H groups in total. The molecule has 11 heteroatoms. The molecular formula is C23H32F2N4O4S. The average molecular weight is 499 g/mol. The lowest BCUT2D eigenvalue weighted by molar-refractivity contribution is -0.117. The standard InChI is InChI=1S/C23H32F2N4O4S/c1-3-21(30)27-20-8-12-29(16-17(20)2)34(32,33)19-6-4-18(5-7-19)22(31)26-11-15-28-13-9-23(24,25)10-14-28/h3-7,17,20H,1,8-16H2,2H3,(H,26,31)(H,27,30). The van der Waals surface area contributed by atoms with Crippen LogP contribution in [0.1, 0.15) is 36.5 Å². The van der Waals surface area contributed by atoms with Crippen molar-refractivity contribution in [3.8, 4) is 0 Å². The van der Waals surface area contributed by atoms with Gasteiger partial charge in [-0.05, 0) is 42.7 Å². The largest absolute Gasteiger partial charge is 0.351 e. The van der Waals surface area contributed by atoms with E-state index in [1.807, 2.05) is 11.8 Å². The molecular weight excluding hydrogens is 466 g/mol. The molecule has 188 valence electrons. The normalized spacial score (nSPS) is 23.7. The Bertz CT molecular complexity index is 991. The van der Waals surface area contributed by atoms with Crippen molar-refractivity contribution in [2.45, 2.75) is 43.0 Å². The second kappa shape index (κ2) is 10.9. The summed E-state index contributed by atoms with van der Waals surface area (Å²) in [7, 11) is -3.74. The molecule has 0 spiro atoms. The summed E-state index contributed by atoms with van der Waals surface area (Å²) in [6, 6.07) is 5.62. The van der Waals surface area contributed by atoms with E-state index in [1.54, 1.807) is 0 Å². The highest BCUT2D eigenvalue weighted by molar-refractivity contribution is 7.89. The summed E-state index contributed by atoms with van der Waals surface area (Å²) in [5.74, 6) is -3.29. The molecule has 0 saturated carbocycles. The average Bonchev–Trinajstić information content (AvgIpc) is 2.81. The fourth-order valence-electron chi connectivity index (χ4n) is 4.24. The molecule has 2 unspecified atom stereocenters. The second-order valence-corrected chi connectivity index (χ2v) is 10.9. The Morgan fingerprint density at radius 1 is 1.18 bits per heavy atom. The van der Waals surface area contributed by atoms with Crippen LogP contribution in [0.15, 0.2) is 41.8 Å². The van der Waals surface area contributed by atoms with Crippen molar-refractivity contribution in [1.29, 1.82) is 0 Å². The molecule has 0 aliphatic carbocycles. The molecule has 2 amide bonds. The topological polar surface area (TPSA) is 98.8 Å². The van der Waals surface area contributed by atoms with E-state index in [4.69, 9.17) is 0 Å². The third-order valence-electron chi connectivity index (χ3n) is 6.44. The number of benzene rings is 1. The molecule has 0 radical (unpaired) electrons. The summed E-state index contributed by atoms with van der Waals surface area (Å²) in [6.07, 6.45) is 1.35. The first-order valence-electron chi connectivity index (χ1n) is 11.4. The molecule has 2 fully saturated rings. The van der Waals surface area contributed by atoms with Gasteiger partial charge in [-0.15, -0.1) is 0 Å². The van der Waals surface area contributed by atoms with Gasteiger partial charge in [0.05, 0.1) is 4.90 Å². The fourth-order valence-corrected chi connectivity index (χ4v) is 5.80. The van der Waals surface area contributed by atoms with E-state index in [9.17, 15) is 26.8 Å². The lowest BCUT2D eigenvalue weighted by Gasteiger charge is -2.36. The minimum absolute atomic E-state index is 0.0661. The van der Waals surface area contributed by atoms with Gasteiger partial charge in [0.1, 0.15) is 0 Å². The minimum Gasteiger partial charge on any atom is -0.351 e. The molecule has 2 atom stereocenters. The molecule has 3 rings (SSSR count). The van der Waals surface area contributed by atoms with E-state index in [0.29, 0.717) is 38.2 Å². The molecule has 34 heavy (non-hydrogen) atoms. The number of carbonyl (C=O) groups excluding carboxylic acids is 2. The van der Waals surface area contributed by atoms with Crippen LogP contribution >= 0.6 is 0 Å². The van der Waals surface area contributed by atoms with Crippen LogP contribution in [0.2, 0.25) is 0 Å². The number of piperidine rings is 2. The maximum absolute atomic E-state index is 13.2. The van der Waals surface area contributed by atoms with Gasteiger partial charge >= 0.3 is 0 Å². The number of hydrogen-bond acceptors (Lipinski definition) is 5. The van der Waals surface area contributed by atoms with Gasteiger partial charge in [-0.1, -0.05) is 13.5 Å². The van der Waals surface area contributed by atoms with Gasteiger partial charge in [0.15, 0.2) is 0 Å². The zero-order valence-electron chi connectivity index (χ0n) is 19.3. The van der Waals surface area contributed by atoms with Crippen LogP contribution in [0.4, 0.5) is 8.78 Å². The van der Waals surface area contributed by atoms with Crippen molar-refractivity contribution < 1.29 is 26.8 Å². The number of hydrogen-bond donors (Lipinski definition) is 2. The smallest absolute Gasteiger partial charge is 0.251 e. The first-order chi connectivity index (χ1) is 16.0. The predicted molar refractivity (Wildman–Crippen MR) is 124 cm³/mol. The van der Waals surface area contributed by atoms with Gasteiger partial charge in [-0.3, -0.25) is 9.59 Å². The molecule has 8 nitrogen and oxygen atoms in total. The van der Waals surface area contributed by atoms with Crippen molar-refractivity contribution in [3.63, 3.8) is 0 Å². The Morgan fingerprint density at radius 2 is 1.82 bits per heavy atom. The Labute approximate surface area is 199 Å². The summed E-state index contributed by atoms with van der Waals surface area (Å²) < 4.78 is 53.9. The fraction of sp³-hybridized carbons (Fsp3) is 0.565. The highest BCUT2D eigenvalue weighted by Crippen LogP contribution is 2.27. The molecule has 2 saturated heterocycles. The number of alkyl halides is 2. The first kappa shape index (κ1) is 26.2. The number of carbonyl (C=O) groups is 2. The van der Waals surface area contributed by atoms with E-state index in [1.165, 1.54) is 34.6 Å². The summed E-state index contributed by atoms with van der Waals surface area (Å²) in [5.41, 5.74) is 0.323. The Morgan fingerprint density at radius 3 is 2.41 bits per heavy atom. The van der Waals surface area contributed by atoms with E-state index in [-0.39, 0.29) is 54.6 Å². The number of rotatable bonds is 8. The van der Waals surface area contributed by atoms with Crippen LogP contribution in [0.3, 0.4) is 0 Å². The predicted octanol–water partition coefficient (Wildman–Crippen LogP) is 1.85. The van der Waals surface area contributed by atoms with Crippen molar-refractivity contribution in [1.82, 2.24) is 19.8 Å². The van der Waals surface area contributed by atoms with E-state index >= 15 is 0 Å². The van der Waals surface area contributed by atoms with Crippen LogP contribution in [-0.4, -0.2) is 80.7 Å². The Balaban J connectivity index is 1.51. The van der Waals surface area contributed by atoms with Crippen LogP contribution in [0.25, 0.3) is 0 Å². The molecule has 2 aliphatic heterocycles. The lowest BCUT2D eigenvalue weighted by Crippen LogP contribution is -2.51. The van der Waals surface area contributed by atoms with Gasteiger partial charge < -0.3 is 15.5 Å². The maximum Gasteiger partial charge on any atom is 0.251 e. The molecule has 1 aromatic rings. The number of sulfonamides is 1. The summed E-state index contributed by atoms with van der Waals surface area (Å²) >= 11 is 0. The second-order valence-electron chi connectivity index (χ2n) is 8.93. The van der Waals surface area contributed by atoms with Gasteiger partial charge in [-0.25, -0.2) is 17.2 Å². The van der Waals surface area contributed by atoms with E-state index in [0.717, 1.165) is 0 Å². The summed E-state index contributed by atoms with van der Waals surface area (Å²) in [6.45, 7) is 7.27. The molecule has 0 aromatic heterocycles. The molecule has 0 bridgehead atoms. The Kier molecular flexibility index (Phi) is 8.43. The molecule has 2 heterocycles. The van der Waals surface area contributed by atoms with Crippen LogP contribution in [0, 0.1) is 5.92 Å². The number of likely N-dealkylation sites (tertiary alicyclic amines) is 1. The van der Waals surface area contributed by atoms with Crippen molar-refractivity contribution >= 4 is 21.8 Å². The monoisotopic (exact) mass is 498 g/mol. The summed E-state index contributed by atoms with van der Waals surface area (Å²) in [5, 5.41) is 5.58. The molecule has 1 aromatic carbocycles. The quantitative estimate of drug-likeness (QED) is 0.533. The van der Waals surface area contributed by atoms with Gasteiger partial charge in [0, 0.05) is 63.7 Å². The van der Waals surface area contributed by atoms with Crippen LogP contribution < -0.4 is 10.6 Å². The SMILES string of the molecule is C=CC(=O)NC1CCN(S(=O)(=O)c2ccc(C(=O)NCCN3CCC(F)(F)CC3)cc2)CC1C. The van der Waals surface area contributed by atoms with Gasteiger partial charge in [0.25, 0.3) is 11.8 Å². The number of amides is 2. The van der Waals surface area contributed by atoms with E-state index in [2.05, 4.69) is 17.2 Å². The van der Waals surface area contributed by atoms with Gasteiger partial charge in [-0.2, -0.15) is 4.31 Å². The van der Waals surface area contributed by atoms with E-state index < -0.39 is 15.9 Å². The maximum atomic E-state index is 13.2. The van der Waals surface area contributed by atoms with Crippen LogP contribution in [-0.2, 0) is 14.8 Å². The zero-order valence-corrected chi connectivity index (χ0v) is 20.1.